The number of hydrogen-bond donors (Lipinski definition) is 2. The van der Waals surface area contributed by atoms with Crippen LogP contribution >= 0.6 is 11.6 Å². The lowest BCUT2D eigenvalue weighted by molar-refractivity contribution is 0.201. The highest BCUT2D eigenvalue weighted by Crippen LogP contribution is 2.20. The van der Waals surface area contributed by atoms with E-state index < -0.39 is 27.5 Å². The lowest BCUT2D eigenvalue weighted by Crippen LogP contribution is -2.17. The summed E-state index contributed by atoms with van der Waals surface area (Å²) in [5.41, 5.74) is 1.60. The molecule has 0 amide bonds. The summed E-state index contributed by atoms with van der Waals surface area (Å²) >= 11 is 5.88. The zero-order valence-electron chi connectivity index (χ0n) is 12.4. The Balaban J connectivity index is 1.75. The molecule has 0 aliphatic carbocycles. The number of hydrogen-bond acceptors (Lipinski definition) is 4. The molecule has 0 spiro atoms. The van der Waals surface area contributed by atoms with Crippen molar-refractivity contribution >= 4 is 32.5 Å². The molecule has 8 heteroatoms. The van der Waals surface area contributed by atoms with E-state index in [-0.39, 0.29) is 11.6 Å². The van der Waals surface area contributed by atoms with Crippen LogP contribution in [-0.4, -0.2) is 29.2 Å². The largest absolute Gasteiger partial charge is 0.387 e. The number of aromatic nitrogens is 2. The number of benzene rings is 2. The fourth-order valence-electron chi connectivity index (χ4n) is 2.39. The third-order valence-electron chi connectivity index (χ3n) is 3.52. The van der Waals surface area contributed by atoms with Crippen LogP contribution in [-0.2, 0) is 15.6 Å². The maximum Gasteiger partial charge on any atom is 0.160 e. The summed E-state index contributed by atoms with van der Waals surface area (Å²) in [4.78, 5) is 7.11. The SMILES string of the molecule is O=S(=O)(Cc1nc2ccc(Cl)cc2[nH]1)CC(O)c1ccc(F)cc1. The Bertz CT molecular complexity index is 971. The van der Waals surface area contributed by atoms with Gasteiger partial charge >= 0.3 is 0 Å². The molecular formula is C16H14ClFN2O3S. The molecule has 0 saturated heterocycles. The van der Waals surface area contributed by atoms with Crippen LogP contribution < -0.4 is 0 Å². The Morgan fingerprint density at radius 3 is 2.62 bits per heavy atom. The number of sulfone groups is 1. The first kappa shape index (κ1) is 16.9. The molecule has 0 bridgehead atoms. The van der Waals surface area contributed by atoms with Gasteiger partial charge in [0.2, 0.25) is 0 Å². The van der Waals surface area contributed by atoms with Crippen LogP contribution in [0.5, 0.6) is 0 Å². The molecule has 1 unspecified atom stereocenters. The van der Waals surface area contributed by atoms with Crippen LogP contribution in [0.2, 0.25) is 5.02 Å². The van der Waals surface area contributed by atoms with Crippen molar-refractivity contribution in [2.75, 3.05) is 5.75 Å². The van der Waals surface area contributed by atoms with E-state index in [1.165, 1.54) is 24.3 Å². The van der Waals surface area contributed by atoms with Crippen molar-refractivity contribution in [3.8, 4) is 0 Å². The van der Waals surface area contributed by atoms with Crippen molar-refractivity contribution in [2.45, 2.75) is 11.9 Å². The Morgan fingerprint density at radius 1 is 1.21 bits per heavy atom. The summed E-state index contributed by atoms with van der Waals surface area (Å²) in [6.45, 7) is 0. The third kappa shape index (κ3) is 3.92. The summed E-state index contributed by atoms with van der Waals surface area (Å²) in [7, 11) is -3.62. The van der Waals surface area contributed by atoms with Gasteiger partial charge in [0.25, 0.3) is 0 Å². The van der Waals surface area contributed by atoms with Crippen molar-refractivity contribution in [3.63, 3.8) is 0 Å². The minimum Gasteiger partial charge on any atom is -0.387 e. The average molecular weight is 369 g/mol. The minimum absolute atomic E-state index is 0.276. The van der Waals surface area contributed by atoms with Crippen molar-refractivity contribution in [1.29, 1.82) is 0 Å². The van der Waals surface area contributed by atoms with Gasteiger partial charge in [-0.25, -0.2) is 17.8 Å². The van der Waals surface area contributed by atoms with Crippen molar-refractivity contribution < 1.29 is 17.9 Å². The predicted molar refractivity (Wildman–Crippen MR) is 90.0 cm³/mol. The zero-order valence-corrected chi connectivity index (χ0v) is 14.0. The first-order valence-corrected chi connectivity index (χ1v) is 9.30. The van der Waals surface area contributed by atoms with Gasteiger partial charge < -0.3 is 10.1 Å². The summed E-state index contributed by atoms with van der Waals surface area (Å²) < 4.78 is 37.4. The van der Waals surface area contributed by atoms with Crippen LogP contribution in [0.25, 0.3) is 11.0 Å². The maximum atomic E-state index is 12.9. The summed E-state index contributed by atoms with van der Waals surface area (Å²) in [6.07, 6.45) is -1.23. The smallest absolute Gasteiger partial charge is 0.160 e. The number of nitrogens with zero attached hydrogens (tertiary/aromatic N) is 1. The molecule has 2 N–H and O–H groups in total. The van der Waals surface area contributed by atoms with Gasteiger partial charge in [0.1, 0.15) is 17.4 Å². The van der Waals surface area contributed by atoms with Crippen LogP contribution in [0.1, 0.15) is 17.5 Å². The molecule has 3 aromatic rings. The van der Waals surface area contributed by atoms with Gasteiger partial charge in [-0.05, 0) is 35.9 Å². The van der Waals surface area contributed by atoms with Crippen molar-refractivity contribution in [1.82, 2.24) is 9.97 Å². The number of H-pyrrole nitrogens is 1. The van der Waals surface area contributed by atoms with Gasteiger partial charge in [-0.15, -0.1) is 0 Å². The standard InChI is InChI=1S/C16H14ClFN2O3S/c17-11-3-6-13-14(7-11)20-16(19-13)9-24(22,23)8-15(21)10-1-4-12(18)5-2-10/h1-7,15,21H,8-9H2,(H,19,20). The second kappa shape index (κ2) is 6.51. The number of rotatable bonds is 5. The lowest BCUT2D eigenvalue weighted by Gasteiger charge is -2.11. The second-order valence-corrected chi connectivity index (χ2v) is 8.01. The van der Waals surface area contributed by atoms with E-state index in [2.05, 4.69) is 9.97 Å². The zero-order chi connectivity index (χ0) is 17.3. The molecule has 0 saturated carbocycles. The Hall–Kier alpha value is -1.96. The number of imidazole rings is 1. The van der Waals surface area contributed by atoms with Crippen LogP contribution in [0.3, 0.4) is 0 Å². The first-order chi connectivity index (χ1) is 11.3. The van der Waals surface area contributed by atoms with Crippen LogP contribution in [0.4, 0.5) is 4.39 Å². The molecule has 1 heterocycles. The van der Waals surface area contributed by atoms with Gasteiger partial charge in [0, 0.05) is 5.02 Å². The van der Waals surface area contributed by atoms with Crippen molar-refractivity contribution in [3.05, 3.63) is 64.7 Å². The average Bonchev–Trinajstić information content (AvgIpc) is 2.87. The third-order valence-corrected chi connectivity index (χ3v) is 5.29. The Labute approximate surface area is 143 Å². The quantitative estimate of drug-likeness (QED) is 0.725. The number of aliphatic hydroxyl groups is 1. The number of fused-ring (bicyclic) bond motifs is 1. The van der Waals surface area contributed by atoms with Gasteiger partial charge in [0.15, 0.2) is 9.84 Å². The predicted octanol–water partition coefficient (Wildman–Crippen LogP) is 3.00. The first-order valence-electron chi connectivity index (χ1n) is 7.10. The Kier molecular flexibility index (Phi) is 4.58. The summed E-state index contributed by atoms with van der Waals surface area (Å²) in [6, 6.07) is 10.1. The topological polar surface area (TPSA) is 83.0 Å². The van der Waals surface area contributed by atoms with E-state index in [0.717, 1.165) is 0 Å². The van der Waals surface area contributed by atoms with Gasteiger partial charge in [0.05, 0.1) is 22.9 Å². The molecule has 0 aliphatic heterocycles. The molecule has 0 fully saturated rings. The van der Waals surface area contributed by atoms with E-state index in [4.69, 9.17) is 11.6 Å². The van der Waals surface area contributed by atoms with Gasteiger partial charge in [-0.2, -0.15) is 0 Å². The van der Waals surface area contributed by atoms with E-state index in [9.17, 15) is 17.9 Å². The van der Waals surface area contributed by atoms with Gasteiger partial charge in [-0.3, -0.25) is 0 Å². The van der Waals surface area contributed by atoms with Gasteiger partial charge in [-0.1, -0.05) is 23.7 Å². The van der Waals surface area contributed by atoms with Crippen LogP contribution in [0, 0.1) is 5.82 Å². The second-order valence-electron chi connectivity index (χ2n) is 5.47. The molecular weight excluding hydrogens is 355 g/mol. The molecule has 0 aliphatic rings. The fourth-order valence-corrected chi connectivity index (χ4v) is 3.91. The van der Waals surface area contributed by atoms with E-state index in [1.54, 1.807) is 18.2 Å². The normalized spacial score (nSPS) is 13.3. The molecule has 2 aromatic carbocycles. The number of halogens is 2. The molecule has 24 heavy (non-hydrogen) atoms. The minimum atomic E-state index is -3.62. The molecule has 126 valence electrons. The summed E-state index contributed by atoms with van der Waals surface area (Å²) in [5, 5.41) is 10.6. The van der Waals surface area contributed by atoms with E-state index in [0.29, 0.717) is 21.6 Å². The number of aromatic amines is 1. The molecule has 3 rings (SSSR count). The molecule has 0 radical (unpaired) electrons. The Morgan fingerprint density at radius 2 is 1.92 bits per heavy atom. The highest BCUT2D eigenvalue weighted by molar-refractivity contribution is 7.90. The molecule has 1 atom stereocenters. The van der Waals surface area contributed by atoms with E-state index >= 15 is 0 Å². The molecule has 1 aromatic heterocycles. The highest BCUT2D eigenvalue weighted by Gasteiger charge is 2.21. The summed E-state index contributed by atoms with van der Waals surface area (Å²) in [5.74, 6) is -0.984. The lowest BCUT2D eigenvalue weighted by atomic mass is 10.1. The van der Waals surface area contributed by atoms with E-state index in [1.807, 2.05) is 0 Å². The fraction of sp³-hybridized carbons (Fsp3) is 0.188. The highest BCUT2D eigenvalue weighted by atomic mass is 35.5. The van der Waals surface area contributed by atoms with Crippen LogP contribution in [0.15, 0.2) is 42.5 Å². The maximum absolute atomic E-state index is 12.9. The number of nitrogens with one attached hydrogen (secondary N) is 1. The number of aliphatic hydroxyl groups excluding tert-OH is 1. The monoisotopic (exact) mass is 368 g/mol. The van der Waals surface area contributed by atoms with Crippen molar-refractivity contribution in [2.24, 2.45) is 0 Å². The molecule has 5 nitrogen and oxygen atoms in total.